The Labute approximate surface area is 58.7 Å². The summed E-state index contributed by atoms with van der Waals surface area (Å²) in [6, 6.07) is 0. The van der Waals surface area contributed by atoms with Crippen molar-refractivity contribution in [1.82, 2.24) is 0 Å². The molecule has 0 aliphatic carbocycles. The van der Waals surface area contributed by atoms with Crippen LogP contribution in [0.2, 0.25) is 0 Å². The molecule has 4 nitrogen and oxygen atoms in total. The van der Waals surface area contributed by atoms with Crippen molar-refractivity contribution in [3.63, 3.8) is 0 Å². The predicted molar refractivity (Wildman–Crippen MR) is 32.5 cm³/mol. The van der Waals surface area contributed by atoms with Gasteiger partial charge in [-0.3, -0.25) is 0 Å². The first-order valence-corrected chi connectivity index (χ1v) is 3.12. The highest BCUT2D eigenvalue weighted by molar-refractivity contribution is 5.76. The first-order valence-electron chi connectivity index (χ1n) is 3.12. The topological polar surface area (TPSA) is 59.1 Å². The van der Waals surface area contributed by atoms with Crippen LogP contribution in [0.15, 0.2) is 0 Å². The summed E-state index contributed by atoms with van der Waals surface area (Å²) in [5.74, 6) is -1.78. The molecular weight excluding hydrogens is 136 g/mol. The second-order valence-corrected chi connectivity index (χ2v) is 2.21. The van der Waals surface area contributed by atoms with E-state index in [1.54, 1.807) is 0 Å². The van der Waals surface area contributed by atoms with Crippen LogP contribution in [-0.4, -0.2) is 30.1 Å². The Morgan fingerprint density at radius 3 is 2.60 bits per heavy atom. The molecule has 0 aromatic heterocycles. The molecule has 0 amide bonds. The largest absolute Gasteiger partial charge is 0.479 e. The van der Waals surface area contributed by atoms with E-state index in [4.69, 9.17) is 14.6 Å². The molecule has 0 bridgehead atoms. The maximum absolute atomic E-state index is 10.3. The Balaban J connectivity index is 2.53. The van der Waals surface area contributed by atoms with Crippen molar-refractivity contribution in [3.8, 4) is 0 Å². The number of methoxy groups -OCH3 is 1. The molecule has 0 aromatic carbocycles. The third kappa shape index (κ3) is 0.892. The molecule has 1 rings (SSSR count). The average Bonchev–Trinajstić information content (AvgIpc) is 2.63. The van der Waals surface area contributed by atoms with Gasteiger partial charge in [-0.25, -0.2) is 4.79 Å². The van der Waals surface area contributed by atoms with Gasteiger partial charge in [0.2, 0.25) is 11.9 Å². The Morgan fingerprint density at radius 2 is 2.50 bits per heavy atom. The van der Waals surface area contributed by atoms with Crippen LogP contribution in [0.5, 0.6) is 0 Å². The van der Waals surface area contributed by atoms with Crippen LogP contribution >= 0.6 is 0 Å². The maximum Gasteiger partial charge on any atom is 0.338 e. The fourth-order valence-corrected chi connectivity index (χ4v) is 0.972. The minimum atomic E-state index is -0.955. The van der Waals surface area contributed by atoms with Gasteiger partial charge in [0.1, 0.15) is 0 Å². The molecule has 1 aliphatic rings. The van der Waals surface area contributed by atoms with Crippen LogP contribution < -0.4 is 0 Å². The number of carbonyl (C=O) groups is 1. The zero-order valence-corrected chi connectivity index (χ0v) is 5.96. The Hall–Kier alpha value is -0.610. The summed E-state index contributed by atoms with van der Waals surface area (Å²) in [5.41, 5.74) is 0. The van der Waals surface area contributed by atoms with Crippen molar-refractivity contribution in [2.75, 3.05) is 7.11 Å². The van der Waals surface area contributed by atoms with Gasteiger partial charge in [-0.1, -0.05) is 6.92 Å². The van der Waals surface area contributed by atoms with Crippen molar-refractivity contribution in [2.45, 2.75) is 25.2 Å². The Bertz CT molecular complexity index is 150. The van der Waals surface area contributed by atoms with E-state index in [2.05, 4.69) is 0 Å². The average molecular weight is 146 g/mol. The van der Waals surface area contributed by atoms with Crippen molar-refractivity contribution in [3.05, 3.63) is 0 Å². The zero-order valence-electron chi connectivity index (χ0n) is 5.96. The van der Waals surface area contributed by atoms with Crippen molar-refractivity contribution in [2.24, 2.45) is 0 Å². The number of hydrogen-bond donors (Lipinski definition) is 1. The molecule has 1 saturated heterocycles. The summed E-state index contributed by atoms with van der Waals surface area (Å²) in [4.78, 5) is 10.3. The second-order valence-electron chi connectivity index (χ2n) is 2.21. The van der Waals surface area contributed by atoms with Gasteiger partial charge >= 0.3 is 5.97 Å². The quantitative estimate of drug-likeness (QED) is 0.579. The fraction of sp³-hybridized carbons (Fsp3) is 0.833. The molecular formula is C6H10O4. The van der Waals surface area contributed by atoms with E-state index in [1.807, 2.05) is 6.92 Å². The van der Waals surface area contributed by atoms with E-state index < -0.39 is 17.9 Å². The lowest BCUT2D eigenvalue weighted by atomic mass is 10.2. The molecule has 10 heavy (non-hydrogen) atoms. The zero-order chi connectivity index (χ0) is 7.78. The van der Waals surface area contributed by atoms with Crippen LogP contribution in [0.25, 0.3) is 0 Å². The first kappa shape index (κ1) is 7.50. The SMILES string of the molecule is CCC1(OC)OC1C(=O)O. The van der Waals surface area contributed by atoms with E-state index in [1.165, 1.54) is 7.11 Å². The van der Waals surface area contributed by atoms with E-state index in [0.29, 0.717) is 6.42 Å². The molecule has 0 spiro atoms. The lowest BCUT2D eigenvalue weighted by Gasteiger charge is -2.04. The number of aliphatic carboxylic acids is 1. The predicted octanol–water partition coefficient (Wildman–Crippen LogP) is 0.222. The molecule has 2 atom stereocenters. The van der Waals surface area contributed by atoms with Gasteiger partial charge in [-0.15, -0.1) is 0 Å². The molecule has 2 unspecified atom stereocenters. The van der Waals surface area contributed by atoms with E-state index in [-0.39, 0.29) is 0 Å². The van der Waals surface area contributed by atoms with Crippen LogP contribution in [0.3, 0.4) is 0 Å². The summed E-state index contributed by atoms with van der Waals surface area (Å²) >= 11 is 0. The number of carboxylic acid groups (broad SMARTS) is 1. The number of carboxylic acids is 1. The summed E-state index contributed by atoms with van der Waals surface area (Å²) in [6.45, 7) is 1.83. The van der Waals surface area contributed by atoms with Crippen molar-refractivity contribution >= 4 is 5.97 Å². The molecule has 1 aliphatic heterocycles. The highest BCUT2D eigenvalue weighted by Gasteiger charge is 2.61. The van der Waals surface area contributed by atoms with Gasteiger partial charge in [-0.05, 0) is 0 Å². The molecule has 1 N–H and O–H groups in total. The normalized spacial score (nSPS) is 37.6. The summed E-state index contributed by atoms with van der Waals surface area (Å²) in [5, 5.41) is 8.45. The molecule has 1 heterocycles. The van der Waals surface area contributed by atoms with Crippen molar-refractivity contribution in [1.29, 1.82) is 0 Å². The number of ether oxygens (including phenoxy) is 2. The van der Waals surface area contributed by atoms with Gasteiger partial charge in [-0.2, -0.15) is 0 Å². The van der Waals surface area contributed by atoms with Crippen LogP contribution in [0.1, 0.15) is 13.3 Å². The molecule has 58 valence electrons. The summed E-state index contributed by atoms with van der Waals surface area (Å²) in [7, 11) is 1.45. The smallest absolute Gasteiger partial charge is 0.338 e. The fourth-order valence-electron chi connectivity index (χ4n) is 0.972. The Kier molecular flexibility index (Phi) is 1.66. The molecule has 0 radical (unpaired) electrons. The highest BCUT2D eigenvalue weighted by Crippen LogP contribution is 2.40. The van der Waals surface area contributed by atoms with Crippen LogP contribution in [0.4, 0.5) is 0 Å². The number of epoxide rings is 1. The number of rotatable bonds is 3. The number of hydrogen-bond acceptors (Lipinski definition) is 3. The van der Waals surface area contributed by atoms with Gasteiger partial charge in [0.15, 0.2) is 0 Å². The van der Waals surface area contributed by atoms with Crippen LogP contribution in [-0.2, 0) is 14.3 Å². The second kappa shape index (κ2) is 2.21. The minimum absolute atomic E-state index is 0.570. The summed E-state index contributed by atoms with van der Waals surface area (Å²) in [6.07, 6.45) is -0.192. The molecule has 1 fully saturated rings. The minimum Gasteiger partial charge on any atom is -0.479 e. The van der Waals surface area contributed by atoms with Gasteiger partial charge in [0.25, 0.3) is 0 Å². The van der Waals surface area contributed by atoms with E-state index in [9.17, 15) is 4.79 Å². The highest BCUT2D eigenvalue weighted by atomic mass is 16.8. The third-order valence-corrected chi connectivity index (χ3v) is 1.72. The lowest BCUT2D eigenvalue weighted by Crippen LogP contribution is -2.21. The van der Waals surface area contributed by atoms with Gasteiger partial charge in [0, 0.05) is 13.5 Å². The standard InChI is InChI=1S/C6H10O4/c1-3-6(9-2)4(10-6)5(7)8/h4H,3H2,1-2H3,(H,7,8). The van der Waals surface area contributed by atoms with Gasteiger partial charge < -0.3 is 14.6 Å². The lowest BCUT2D eigenvalue weighted by molar-refractivity contribution is -0.138. The van der Waals surface area contributed by atoms with Crippen molar-refractivity contribution < 1.29 is 19.4 Å². The van der Waals surface area contributed by atoms with Crippen LogP contribution in [0, 0.1) is 0 Å². The third-order valence-electron chi connectivity index (χ3n) is 1.72. The molecule has 0 aromatic rings. The maximum atomic E-state index is 10.3. The summed E-state index contributed by atoms with van der Waals surface area (Å²) < 4.78 is 9.71. The van der Waals surface area contributed by atoms with E-state index >= 15 is 0 Å². The monoisotopic (exact) mass is 146 g/mol. The van der Waals surface area contributed by atoms with Gasteiger partial charge in [0.05, 0.1) is 0 Å². The Morgan fingerprint density at radius 1 is 1.90 bits per heavy atom. The molecule has 0 saturated carbocycles. The first-order chi connectivity index (χ1) is 4.66. The molecule has 4 heteroatoms. The van der Waals surface area contributed by atoms with E-state index in [0.717, 1.165) is 0 Å².